The Morgan fingerprint density at radius 2 is 1.89 bits per heavy atom. The van der Waals surface area contributed by atoms with Gasteiger partial charge in [0.2, 0.25) is 0 Å². The molecule has 0 radical (unpaired) electrons. The number of nitro groups is 1. The first-order chi connectivity index (χ1) is 13.3. The summed E-state index contributed by atoms with van der Waals surface area (Å²) in [4.78, 5) is 27.4. The zero-order chi connectivity index (χ0) is 20.3. The molecule has 0 spiro atoms. The summed E-state index contributed by atoms with van der Waals surface area (Å²) in [5.41, 5.74) is 3.31. The van der Waals surface area contributed by atoms with E-state index in [1.807, 2.05) is 36.6 Å². The summed E-state index contributed by atoms with van der Waals surface area (Å²) < 4.78 is 0. The number of carbonyl (C=O) groups excluding carboxylic acids is 1. The number of rotatable bonds is 4. The van der Waals surface area contributed by atoms with E-state index < -0.39 is 10.8 Å². The molecule has 3 rings (SSSR count). The number of nitro benzene ring substituents is 1. The molecule has 0 saturated carbocycles. The lowest BCUT2D eigenvalue weighted by Crippen LogP contribution is -2.34. The standard InChI is InChI=1S/C19H16N4O3S2/c1-11-6-8-13(9-7-11)15-10-28-19(20-15)22-18(27)21-17(24)14-4-3-5-16(12(14)2)23(25)26/h3-10H,1-2H3,(H2,20,21,22,24,27). The van der Waals surface area contributed by atoms with Gasteiger partial charge in [0, 0.05) is 28.1 Å². The first kappa shape index (κ1) is 19.6. The van der Waals surface area contributed by atoms with Gasteiger partial charge in [0.15, 0.2) is 10.2 Å². The molecule has 0 bridgehead atoms. The highest BCUT2D eigenvalue weighted by molar-refractivity contribution is 7.80. The van der Waals surface area contributed by atoms with Crippen molar-refractivity contribution in [3.63, 3.8) is 0 Å². The van der Waals surface area contributed by atoms with Gasteiger partial charge in [-0.3, -0.25) is 20.2 Å². The molecular weight excluding hydrogens is 396 g/mol. The van der Waals surface area contributed by atoms with E-state index in [-0.39, 0.29) is 21.9 Å². The highest BCUT2D eigenvalue weighted by atomic mass is 32.1. The lowest BCUT2D eigenvalue weighted by molar-refractivity contribution is -0.385. The summed E-state index contributed by atoms with van der Waals surface area (Å²) in [6.07, 6.45) is 0. The summed E-state index contributed by atoms with van der Waals surface area (Å²) >= 11 is 6.53. The number of thiocarbonyl (C=S) groups is 1. The van der Waals surface area contributed by atoms with Crippen LogP contribution in [0.5, 0.6) is 0 Å². The third-order valence-electron chi connectivity index (χ3n) is 4.05. The Hall–Kier alpha value is -3.17. The van der Waals surface area contributed by atoms with Crippen LogP contribution in [0.15, 0.2) is 47.8 Å². The Kier molecular flexibility index (Phi) is 5.76. The molecule has 28 heavy (non-hydrogen) atoms. The summed E-state index contributed by atoms with van der Waals surface area (Å²) in [5.74, 6) is -0.519. The molecule has 0 atom stereocenters. The van der Waals surface area contributed by atoms with Gasteiger partial charge >= 0.3 is 0 Å². The molecule has 9 heteroatoms. The number of hydrogen-bond donors (Lipinski definition) is 2. The quantitative estimate of drug-likeness (QED) is 0.373. The number of hydrogen-bond acceptors (Lipinski definition) is 6. The molecule has 142 valence electrons. The highest BCUT2D eigenvalue weighted by Crippen LogP contribution is 2.25. The van der Waals surface area contributed by atoms with E-state index in [0.29, 0.717) is 5.13 Å². The van der Waals surface area contributed by atoms with Crippen molar-refractivity contribution in [1.29, 1.82) is 0 Å². The maximum Gasteiger partial charge on any atom is 0.273 e. The second kappa shape index (κ2) is 8.24. The van der Waals surface area contributed by atoms with Gasteiger partial charge < -0.3 is 5.32 Å². The first-order valence-corrected chi connectivity index (χ1v) is 9.53. The van der Waals surface area contributed by atoms with Crippen LogP contribution in [0.1, 0.15) is 21.5 Å². The topological polar surface area (TPSA) is 97.2 Å². The fourth-order valence-electron chi connectivity index (χ4n) is 2.55. The van der Waals surface area contributed by atoms with Crippen molar-refractivity contribution >= 4 is 45.4 Å². The number of nitrogens with zero attached hydrogens (tertiary/aromatic N) is 2. The predicted molar refractivity (Wildman–Crippen MR) is 114 cm³/mol. The second-order valence-corrected chi connectivity index (χ2v) is 7.29. The number of amides is 1. The van der Waals surface area contributed by atoms with Crippen molar-refractivity contribution in [3.8, 4) is 11.3 Å². The van der Waals surface area contributed by atoms with Crippen molar-refractivity contribution < 1.29 is 9.72 Å². The minimum atomic E-state index is -0.523. The van der Waals surface area contributed by atoms with E-state index in [2.05, 4.69) is 15.6 Å². The number of aryl methyl sites for hydroxylation is 1. The molecule has 7 nitrogen and oxygen atoms in total. The second-order valence-electron chi connectivity index (χ2n) is 6.02. The van der Waals surface area contributed by atoms with Gasteiger partial charge in [0.25, 0.3) is 11.6 Å². The molecule has 1 aromatic heterocycles. The number of benzene rings is 2. The summed E-state index contributed by atoms with van der Waals surface area (Å²) in [7, 11) is 0. The van der Waals surface area contributed by atoms with Crippen molar-refractivity contribution in [2.75, 3.05) is 5.32 Å². The minimum Gasteiger partial charge on any atom is -0.308 e. The van der Waals surface area contributed by atoms with E-state index in [1.54, 1.807) is 0 Å². The Morgan fingerprint density at radius 3 is 2.57 bits per heavy atom. The third-order valence-corrected chi connectivity index (χ3v) is 5.01. The molecule has 1 heterocycles. The van der Waals surface area contributed by atoms with Gasteiger partial charge in [0.05, 0.1) is 10.6 Å². The molecule has 2 aromatic carbocycles. The smallest absolute Gasteiger partial charge is 0.273 e. The number of thiazole rings is 1. The highest BCUT2D eigenvalue weighted by Gasteiger charge is 2.18. The lowest BCUT2D eigenvalue weighted by Gasteiger charge is -2.09. The van der Waals surface area contributed by atoms with Gasteiger partial charge in [-0.2, -0.15) is 0 Å². The fourth-order valence-corrected chi connectivity index (χ4v) is 3.53. The van der Waals surface area contributed by atoms with Crippen LogP contribution in [0.2, 0.25) is 0 Å². The van der Waals surface area contributed by atoms with Crippen molar-refractivity contribution in [1.82, 2.24) is 10.3 Å². The van der Waals surface area contributed by atoms with Crippen LogP contribution in [-0.4, -0.2) is 20.9 Å². The van der Waals surface area contributed by atoms with Crippen LogP contribution in [-0.2, 0) is 0 Å². The Morgan fingerprint density at radius 1 is 1.18 bits per heavy atom. The van der Waals surface area contributed by atoms with Crippen LogP contribution in [0.4, 0.5) is 10.8 Å². The monoisotopic (exact) mass is 412 g/mol. The van der Waals surface area contributed by atoms with Gasteiger partial charge in [-0.15, -0.1) is 11.3 Å². The summed E-state index contributed by atoms with van der Waals surface area (Å²) in [5, 5.41) is 18.9. The average molecular weight is 412 g/mol. The van der Waals surface area contributed by atoms with E-state index in [4.69, 9.17) is 12.2 Å². The zero-order valence-corrected chi connectivity index (χ0v) is 16.7. The van der Waals surface area contributed by atoms with Crippen molar-refractivity contribution in [2.24, 2.45) is 0 Å². The number of anilines is 1. The van der Waals surface area contributed by atoms with E-state index in [0.717, 1.165) is 16.8 Å². The SMILES string of the molecule is Cc1ccc(-c2csc(NC(=S)NC(=O)c3cccc([N+](=O)[O-])c3C)n2)cc1. The van der Waals surface area contributed by atoms with Crippen molar-refractivity contribution in [2.45, 2.75) is 13.8 Å². The fraction of sp³-hybridized carbons (Fsp3) is 0.105. The molecule has 0 unspecified atom stereocenters. The van der Waals surface area contributed by atoms with Crippen LogP contribution < -0.4 is 10.6 Å². The maximum absolute atomic E-state index is 12.4. The average Bonchev–Trinajstić information content (AvgIpc) is 3.10. The Balaban J connectivity index is 1.68. The summed E-state index contributed by atoms with van der Waals surface area (Å²) in [6.45, 7) is 3.54. The largest absolute Gasteiger partial charge is 0.308 e. The lowest BCUT2D eigenvalue weighted by atomic mass is 10.1. The molecule has 2 N–H and O–H groups in total. The van der Waals surface area contributed by atoms with Crippen LogP contribution >= 0.6 is 23.6 Å². The van der Waals surface area contributed by atoms with Gasteiger partial charge in [-0.05, 0) is 32.1 Å². The molecule has 0 aliphatic heterocycles. The van der Waals surface area contributed by atoms with Crippen molar-refractivity contribution in [3.05, 3.63) is 74.6 Å². The van der Waals surface area contributed by atoms with E-state index in [9.17, 15) is 14.9 Å². The van der Waals surface area contributed by atoms with Crippen LogP contribution in [0.25, 0.3) is 11.3 Å². The maximum atomic E-state index is 12.4. The predicted octanol–water partition coefficient (Wildman–Crippen LogP) is 4.46. The molecule has 0 fully saturated rings. The zero-order valence-electron chi connectivity index (χ0n) is 15.1. The molecule has 0 aliphatic carbocycles. The van der Waals surface area contributed by atoms with Crippen LogP contribution in [0.3, 0.4) is 0 Å². The number of nitrogens with one attached hydrogen (secondary N) is 2. The normalized spacial score (nSPS) is 10.4. The molecule has 1 amide bonds. The number of aromatic nitrogens is 1. The third kappa shape index (κ3) is 4.38. The van der Waals surface area contributed by atoms with E-state index >= 15 is 0 Å². The van der Waals surface area contributed by atoms with E-state index in [1.165, 1.54) is 36.5 Å². The number of carbonyl (C=O) groups is 1. The summed E-state index contributed by atoms with van der Waals surface area (Å²) in [6, 6.07) is 12.3. The van der Waals surface area contributed by atoms with Gasteiger partial charge in [-0.1, -0.05) is 35.9 Å². The van der Waals surface area contributed by atoms with Crippen LogP contribution in [0, 0.1) is 24.0 Å². The molecule has 0 saturated heterocycles. The Bertz CT molecular complexity index is 1060. The van der Waals surface area contributed by atoms with Gasteiger partial charge in [0.1, 0.15) is 0 Å². The molecule has 3 aromatic rings. The minimum absolute atomic E-state index is 0.0701. The Labute approximate surface area is 170 Å². The molecule has 0 aliphatic rings. The molecular formula is C19H16N4O3S2. The van der Waals surface area contributed by atoms with Gasteiger partial charge in [-0.25, -0.2) is 4.98 Å². The first-order valence-electron chi connectivity index (χ1n) is 8.24.